The lowest BCUT2D eigenvalue weighted by atomic mass is 9.98. The molecule has 2 rings (SSSR count). The molecule has 0 saturated carbocycles. The summed E-state index contributed by atoms with van der Waals surface area (Å²) >= 11 is 0. The number of nitrogens with two attached hydrogens (primary N) is 1. The molecule has 0 amide bonds. The van der Waals surface area contributed by atoms with Crippen molar-refractivity contribution >= 4 is 0 Å². The first-order chi connectivity index (χ1) is 8.27. The molecule has 0 spiro atoms. The van der Waals surface area contributed by atoms with Crippen molar-refractivity contribution in [3.05, 3.63) is 71.8 Å². The number of nitrogens with one attached hydrogen (secondary N) is 1. The van der Waals surface area contributed by atoms with Crippen molar-refractivity contribution in [3.8, 4) is 0 Å². The van der Waals surface area contributed by atoms with E-state index in [9.17, 15) is 0 Å². The molecule has 88 valence electrons. The predicted octanol–water partition coefficient (Wildman–Crippen LogP) is 2.67. The Morgan fingerprint density at radius 1 is 0.824 bits per heavy atom. The Labute approximate surface area is 102 Å². The minimum absolute atomic E-state index is 0.0413. The predicted molar refractivity (Wildman–Crippen MR) is 71.5 cm³/mol. The molecule has 0 radical (unpaired) electrons. The SMILES string of the molecule is CC(N)NC(c1ccccc1)c1ccccc1. The molecule has 0 aliphatic rings. The van der Waals surface area contributed by atoms with Gasteiger partial charge in [-0.15, -0.1) is 0 Å². The fourth-order valence-electron chi connectivity index (χ4n) is 1.94. The Bertz CT molecular complexity index is 397. The molecular formula is C15H18N2. The van der Waals surface area contributed by atoms with Crippen LogP contribution >= 0.6 is 0 Å². The second kappa shape index (κ2) is 5.62. The van der Waals surface area contributed by atoms with Crippen molar-refractivity contribution in [1.82, 2.24) is 5.32 Å². The second-order valence-electron chi connectivity index (χ2n) is 4.21. The van der Waals surface area contributed by atoms with Crippen molar-refractivity contribution in [1.29, 1.82) is 0 Å². The van der Waals surface area contributed by atoms with Gasteiger partial charge in [-0.05, 0) is 18.1 Å². The van der Waals surface area contributed by atoms with Crippen LogP contribution in [-0.2, 0) is 0 Å². The van der Waals surface area contributed by atoms with Gasteiger partial charge >= 0.3 is 0 Å². The molecule has 0 fully saturated rings. The van der Waals surface area contributed by atoms with Crippen LogP contribution in [0.15, 0.2) is 60.7 Å². The Kier molecular flexibility index (Phi) is 3.91. The second-order valence-corrected chi connectivity index (χ2v) is 4.21. The quantitative estimate of drug-likeness (QED) is 0.787. The van der Waals surface area contributed by atoms with Gasteiger partial charge in [-0.25, -0.2) is 0 Å². The van der Waals surface area contributed by atoms with Crippen molar-refractivity contribution in [3.63, 3.8) is 0 Å². The molecule has 0 saturated heterocycles. The summed E-state index contributed by atoms with van der Waals surface area (Å²) in [6, 6.07) is 20.9. The Balaban J connectivity index is 2.32. The van der Waals surface area contributed by atoms with Gasteiger partial charge in [0.1, 0.15) is 0 Å². The zero-order valence-corrected chi connectivity index (χ0v) is 10.0. The van der Waals surface area contributed by atoms with Crippen LogP contribution in [0, 0.1) is 0 Å². The van der Waals surface area contributed by atoms with Gasteiger partial charge in [0.15, 0.2) is 0 Å². The third kappa shape index (κ3) is 3.16. The molecule has 3 N–H and O–H groups in total. The minimum atomic E-state index is -0.0413. The Morgan fingerprint density at radius 2 is 1.24 bits per heavy atom. The number of rotatable bonds is 4. The van der Waals surface area contributed by atoms with E-state index in [4.69, 9.17) is 5.73 Å². The summed E-state index contributed by atoms with van der Waals surface area (Å²) in [5, 5.41) is 3.39. The molecule has 2 heteroatoms. The van der Waals surface area contributed by atoms with Crippen LogP contribution in [0.25, 0.3) is 0 Å². The van der Waals surface area contributed by atoms with E-state index < -0.39 is 0 Å². The molecule has 0 aliphatic heterocycles. The molecular weight excluding hydrogens is 208 g/mol. The average molecular weight is 226 g/mol. The maximum Gasteiger partial charge on any atom is 0.0588 e. The molecule has 2 aromatic carbocycles. The molecule has 2 nitrogen and oxygen atoms in total. The highest BCUT2D eigenvalue weighted by atomic mass is 15.0. The summed E-state index contributed by atoms with van der Waals surface area (Å²) < 4.78 is 0. The molecule has 1 unspecified atom stereocenters. The molecule has 17 heavy (non-hydrogen) atoms. The van der Waals surface area contributed by atoms with E-state index in [0.717, 1.165) is 0 Å². The smallest absolute Gasteiger partial charge is 0.0588 e. The van der Waals surface area contributed by atoms with Gasteiger partial charge in [0.2, 0.25) is 0 Å². The minimum Gasteiger partial charge on any atom is -0.316 e. The summed E-state index contributed by atoms with van der Waals surface area (Å²) in [5.41, 5.74) is 8.32. The van der Waals surface area contributed by atoms with Crippen LogP contribution < -0.4 is 11.1 Å². The molecule has 0 bridgehead atoms. The van der Waals surface area contributed by atoms with Gasteiger partial charge in [0.25, 0.3) is 0 Å². The Hall–Kier alpha value is -1.64. The zero-order valence-electron chi connectivity index (χ0n) is 10.0. The maximum absolute atomic E-state index is 5.86. The summed E-state index contributed by atoms with van der Waals surface area (Å²) in [6.45, 7) is 1.96. The van der Waals surface area contributed by atoms with E-state index in [1.54, 1.807) is 0 Å². The van der Waals surface area contributed by atoms with Crippen molar-refractivity contribution in [2.75, 3.05) is 0 Å². The first-order valence-corrected chi connectivity index (χ1v) is 5.89. The number of benzene rings is 2. The lowest BCUT2D eigenvalue weighted by Gasteiger charge is -2.22. The topological polar surface area (TPSA) is 38.0 Å². The van der Waals surface area contributed by atoms with E-state index >= 15 is 0 Å². The third-order valence-corrected chi connectivity index (χ3v) is 2.70. The zero-order chi connectivity index (χ0) is 12.1. The van der Waals surface area contributed by atoms with Crippen molar-refractivity contribution < 1.29 is 0 Å². The van der Waals surface area contributed by atoms with Gasteiger partial charge in [-0.1, -0.05) is 60.7 Å². The Morgan fingerprint density at radius 3 is 1.59 bits per heavy atom. The fourth-order valence-corrected chi connectivity index (χ4v) is 1.94. The average Bonchev–Trinajstić information content (AvgIpc) is 2.38. The number of hydrogen-bond donors (Lipinski definition) is 2. The maximum atomic E-state index is 5.86. The van der Waals surface area contributed by atoms with E-state index in [1.807, 2.05) is 43.3 Å². The van der Waals surface area contributed by atoms with Crippen LogP contribution in [0.5, 0.6) is 0 Å². The lowest BCUT2D eigenvalue weighted by molar-refractivity contribution is 0.512. The van der Waals surface area contributed by atoms with Crippen LogP contribution in [-0.4, -0.2) is 6.17 Å². The monoisotopic (exact) mass is 226 g/mol. The number of hydrogen-bond acceptors (Lipinski definition) is 2. The van der Waals surface area contributed by atoms with Crippen LogP contribution in [0.3, 0.4) is 0 Å². The van der Waals surface area contributed by atoms with Crippen LogP contribution in [0.4, 0.5) is 0 Å². The molecule has 1 atom stereocenters. The largest absolute Gasteiger partial charge is 0.316 e. The highest BCUT2D eigenvalue weighted by molar-refractivity contribution is 5.31. The third-order valence-electron chi connectivity index (χ3n) is 2.70. The van der Waals surface area contributed by atoms with Gasteiger partial charge in [0, 0.05) is 0 Å². The van der Waals surface area contributed by atoms with E-state index in [0.29, 0.717) is 0 Å². The van der Waals surface area contributed by atoms with Gasteiger partial charge in [0.05, 0.1) is 12.2 Å². The van der Waals surface area contributed by atoms with Crippen LogP contribution in [0.2, 0.25) is 0 Å². The normalized spacial score (nSPS) is 12.6. The first kappa shape index (κ1) is 11.8. The molecule has 2 aromatic rings. The summed E-state index contributed by atoms with van der Waals surface area (Å²) in [4.78, 5) is 0. The van der Waals surface area contributed by atoms with Gasteiger partial charge in [-0.3, -0.25) is 5.32 Å². The van der Waals surface area contributed by atoms with Crippen molar-refractivity contribution in [2.24, 2.45) is 5.73 Å². The fraction of sp³-hybridized carbons (Fsp3) is 0.200. The van der Waals surface area contributed by atoms with Crippen molar-refractivity contribution in [2.45, 2.75) is 19.1 Å². The van der Waals surface area contributed by atoms with E-state index in [1.165, 1.54) is 11.1 Å². The highest BCUT2D eigenvalue weighted by Crippen LogP contribution is 2.21. The molecule has 0 aromatic heterocycles. The molecule has 0 aliphatic carbocycles. The summed E-state index contributed by atoms with van der Waals surface area (Å²) in [5.74, 6) is 0. The lowest BCUT2D eigenvalue weighted by Crippen LogP contribution is -2.37. The standard InChI is InChI=1S/C15H18N2/c1-12(16)17-15(13-8-4-2-5-9-13)14-10-6-3-7-11-14/h2-12,15,17H,16H2,1H3. The molecule has 0 heterocycles. The van der Waals surface area contributed by atoms with Gasteiger partial charge in [-0.2, -0.15) is 0 Å². The van der Waals surface area contributed by atoms with E-state index in [-0.39, 0.29) is 12.2 Å². The van der Waals surface area contributed by atoms with Gasteiger partial charge < -0.3 is 5.73 Å². The highest BCUT2D eigenvalue weighted by Gasteiger charge is 2.13. The van der Waals surface area contributed by atoms with Crippen LogP contribution in [0.1, 0.15) is 24.1 Å². The van der Waals surface area contributed by atoms with E-state index in [2.05, 4.69) is 29.6 Å². The summed E-state index contributed by atoms with van der Waals surface area (Å²) in [7, 11) is 0. The first-order valence-electron chi connectivity index (χ1n) is 5.89. The summed E-state index contributed by atoms with van der Waals surface area (Å²) in [6.07, 6.45) is -0.0413.